The number of thioether (sulfide) groups is 1. The number of anilines is 1. The van der Waals surface area contributed by atoms with Crippen LogP contribution in [0.1, 0.15) is 50.7 Å². The molecule has 1 aromatic rings. The van der Waals surface area contributed by atoms with E-state index in [1.54, 1.807) is 12.1 Å². The molecule has 0 saturated heterocycles. The number of hydrogen-bond donors (Lipinski definition) is 2. The van der Waals surface area contributed by atoms with Gasteiger partial charge in [0.2, 0.25) is 0 Å². The van der Waals surface area contributed by atoms with Gasteiger partial charge in [0.25, 0.3) is 0 Å². The van der Waals surface area contributed by atoms with Crippen molar-refractivity contribution in [1.29, 1.82) is 0 Å². The van der Waals surface area contributed by atoms with Gasteiger partial charge >= 0.3 is 5.97 Å². The molecule has 1 unspecified atom stereocenters. The molecule has 0 aliphatic rings. The van der Waals surface area contributed by atoms with Crippen molar-refractivity contribution in [2.45, 2.75) is 46.1 Å². The number of hydrogen-bond acceptors (Lipinski definition) is 4. The lowest BCUT2D eigenvalue weighted by Crippen LogP contribution is -2.22. The SMILES string of the molecule is CCSCC(C)Nc1cc(C(=O)O)cc(C(C)(C)C)n1. The minimum Gasteiger partial charge on any atom is -0.478 e. The van der Waals surface area contributed by atoms with E-state index < -0.39 is 5.97 Å². The Morgan fingerprint density at radius 1 is 1.45 bits per heavy atom. The minimum atomic E-state index is -0.920. The maximum Gasteiger partial charge on any atom is 0.335 e. The quantitative estimate of drug-likeness (QED) is 0.839. The molecule has 0 radical (unpaired) electrons. The number of carboxylic acid groups (broad SMARTS) is 1. The molecule has 0 aliphatic heterocycles. The van der Waals surface area contributed by atoms with E-state index in [-0.39, 0.29) is 17.0 Å². The minimum absolute atomic E-state index is 0.177. The van der Waals surface area contributed by atoms with Gasteiger partial charge < -0.3 is 10.4 Å². The topological polar surface area (TPSA) is 62.2 Å². The lowest BCUT2D eigenvalue weighted by molar-refractivity contribution is 0.0696. The van der Waals surface area contributed by atoms with Crippen LogP contribution < -0.4 is 5.32 Å². The van der Waals surface area contributed by atoms with Crippen LogP contribution in [0.3, 0.4) is 0 Å². The van der Waals surface area contributed by atoms with Gasteiger partial charge in [-0.05, 0) is 24.8 Å². The van der Waals surface area contributed by atoms with Crippen LogP contribution in [0.25, 0.3) is 0 Å². The second kappa shape index (κ2) is 6.97. The van der Waals surface area contributed by atoms with E-state index in [0.29, 0.717) is 5.82 Å². The Labute approximate surface area is 125 Å². The second-order valence-electron chi connectivity index (χ2n) is 5.89. The van der Waals surface area contributed by atoms with Crippen LogP contribution in [-0.2, 0) is 5.41 Å². The molecule has 1 rings (SSSR count). The third-order valence-corrected chi connectivity index (χ3v) is 3.95. The molecule has 0 spiro atoms. The van der Waals surface area contributed by atoms with Crippen molar-refractivity contribution < 1.29 is 9.90 Å². The second-order valence-corrected chi connectivity index (χ2v) is 7.21. The van der Waals surface area contributed by atoms with E-state index in [2.05, 4.69) is 24.1 Å². The van der Waals surface area contributed by atoms with Crippen molar-refractivity contribution in [3.63, 3.8) is 0 Å². The zero-order chi connectivity index (χ0) is 15.3. The van der Waals surface area contributed by atoms with Crippen molar-refractivity contribution in [1.82, 2.24) is 4.98 Å². The van der Waals surface area contributed by atoms with Crippen LogP contribution in [0, 0.1) is 0 Å². The van der Waals surface area contributed by atoms with Gasteiger partial charge in [0.05, 0.1) is 5.56 Å². The third-order valence-electron chi connectivity index (χ3n) is 2.81. The summed E-state index contributed by atoms with van der Waals surface area (Å²) < 4.78 is 0. The number of aromatic nitrogens is 1. The first-order valence-electron chi connectivity index (χ1n) is 6.84. The maximum atomic E-state index is 11.2. The molecule has 0 bridgehead atoms. The lowest BCUT2D eigenvalue weighted by atomic mass is 9.90. The van der Waals surface area contributed by atoms with Gasteiger partial charge in [-0.2, -0.15) is 11.8 Å². The molecule has 1 atom stereocenters. The number of nitrogens with one attached hydrogen (secondary N) is 1. The van der Waals surface area contributed by atoms with Crippen LogP contribution >= 0.6 is 11.8 Å². The zero-order valence-electron chi connectivity index (χ0n) is 12.9. The summed E-state index contributed by atoms with van der Waals surface area (Å²) in [6.07, 6.45) is 0. The Hall–Kier alpha value is -1.23. The predicted octanol–water partition coefficient (Wildman–Crippen LogP) is 3.63. The molecule has 4 nitrogen and oxygen atoms in total. The summed E-state index contributed by atoms with van der Waals surface area (Å²) in [5.74, 6) is 1.76. The Balaban J connectivity index is 3.00. The summed E-state index contributed by atoms with van der Waals surface area (Å²) in [5, 5.41) is 12.5. The molecule has 0 saturated carbocycles. The van der Waals surface area contributed by atoms with E-state index >= 15 is 0 Å². The molecule has 1 aromatic heterocycles. The van der Waals surface area contributed by atoms with E-state index in [4.69, 9.17) is 0 Å². The van der Waals surface area contributed by atoms with E-state index in [0.717, 1.165) is 17.2 Å². The molecule has 1 heterocycles. The predicted molar refractivity (Wildman–Crippen MR) is 86.0 cm³/mol. The summed E-state index contributed by atoms with van der Waals surface area (Å²) in [4.78, 5) is 15.8. The van der Waals surface area contributed by atoms with Crippen LogP contribution in [0.4, 0.5) is 5.82 Å². The summed E-state index contributed by atoms with van der Waals surface area (Å²) in [6.45, 7) is 10.3. The first kappa shape index (κ1) is 16.8. The molecular formula is C15H24N2O2S. The molecule has 5 heteroatoms. The van der Waals surface area contributed by atoms with Crippen molar-refractivity contribution >= 4 is 23.5 Å². The molecule has 0 amide bonds. The number of pyridine rings is 1. The van der Waals surface area contributed by atoms with Gasteiger partial charge in [0, 0.05) is 22.9 Å². The van der Waals surface area contributed by atoms with Gasteiger partial charge in [-0.3, -0.25) is 0 Å². The zero-order valence-corrected chi connectivity index (χ0v) is 13.7. The van der Waals surface area contributed by atoms with Gasteiger partial charge in [0.15, 0.2) is 0 Å². The standard InChI is InChI=1S/C15H24N2O2S/c1-6-20-9-10(2)16-13-8-11(14(18)19)7-12(17-13)15(3,4)5/h7-8,10H,6,9H2,1-5H3,(H,16,17)(H,18,19). The summed E-state index contributed by atoms with van der Waals surface area (Å²) in [6, 6.07) is 3.51. The van der Waals surface area contributed by atoms with Crippen molar-refractivity contribution in [2.24, 2.45) is 0 Å². The molecule has 2 N–H and O–H groups in total. The first-order valence-corrected chi connectivity index (χ1v) is 7.99. The smallest absolute Gasteiger partial charge is 0.335 e. The van der Waals surface area contributed by atoms with Crippen molar-refractivity contribution in [3.8, 4) is 0 Å². The largest absolute Gasteiger partial charge is 0.478 e. The fourth-order valence-electron chi connectivity index (χ4n) is 1.70. The Morgan fingerprint density at radius 3 is 2.60 bits per heavy atom. The molecule has 0 fully saturated rings. The van der Waals surface area contributed by atoms with Gasteiger partial charge in [-0.15, -0.1) is 0 Å². The van der Waals surface area contributed by atoms with Crippen molar-refractivity contribution in [2.75, 3.05) is 16.8 Å². The number of carboxylic acids is 1. The van der Waals surface area contributed by atoms with Crippen LogP contribution in [0.5, 0.6) is 0 Å². The van der Waals surface area contributed by atoms with Crippen LogP contribution in [-0.4, -0.2) is 33.6 Å². The summed E-state index contributed by atoms with van der Waals surface area (Å²) in [5.41, 5.74) is 0.890. The number of rotatable bonds is 6. The fraction of sp³-hybridized carbons (Fsp3) is 0.600. The highest BCUT2D eigenvalue weighted by Gasteiger charge is 2.19. The Kier molecular flexibility index (Phi) is 5.87. The van der Waals surface area contributed by atoms with E-state index in [1.165, 1.54) is 0 Å². The Morgan fingerprint density at radius 2 is 2.10 bits per heavy atom. The number of carbonyl (C=O) groups is 1. The third kappa shape index (κ3) is 5.04. The number of nitrogens with zero attached hydrogens (tertiary/aromatic N) is 1. The maximum absolute atomic E-state index is 11.2. The van der Waals surface area contributed by atoms with Crippen LogP contribution in [0.15, 0.2) is 12.1 Å². The average Bonchev–Trinajstić information content (AvgIpc) is 2.34. The summed E-state index contributed by atoms with van der Waals surface area (Å²) in [7, 11) is 0. The summed E-state index contributed by atoms with van der Waals surface area (Å²) >= 11 is 1.85. The lowest BCUT2D eigenvalue weighted by Gasteiger charge is -2.21. The highest BCUT2D eigenvalue weighted by Crippen LogP contribution is 2.24. The highest BCUT2D eigenvalue weighted by molar-refractivity contribution is 7.99. The van der Waals surface area contributed by atoms with Crippen LogP contribution in [0.2, 0.25) is 0 Å². The van der Waals surface area contributed by atoms with Gasteiger partial charge in [-0.1, -0.05) is 27.7 Å². The molecule has 0 aliphatic carbocycles. The normalized spacial score (nSPS) is 13.1. The average molecular weight is 296 g/mol. The monoisotopic (exact) mass is 296 g/mol. The fourth-order valence-corrected chi connectivity index (χ4v) is 2.37. The molecule has 112 valence electrons. The first-order chi connectivity index (χ1) is 9.24. The molecular weight excluding hydrogens is 272 g/mol. The molecule has 0 aromatic carbocycles. The van der Waals surface area contributed by atoms with Gasteiger partial charge in [0.1, 0.15) is 5.82 Å². The van der Waals surface area contributed by atoms with Crippen molar-refractivity contribution in [3.05, 3.63) is 23.4 Å². The van der Waals surface area contributed by atoms with E-state index in [1.807, 2.05) is 32.5 Å². The van der Waals surface area contributed by atoms with E-state index in [9.17, 15) is 9.90 Å². The van der Waals surface area contributed by atoms with Gasteiger partial charge in [-0.25, -0.2) is 9.78 Å². The highest BCUT2D eigenvalue weighted by atomic mass is 32.2. The molecule has 20 heavy (non-hydrogen) atoms. The Bertz CT molecular complexity index is 469. The number of aromatic carboxylic acids is 1.